The summed E-state index contributed by atoms with van der Waals surface area (Å²) in [5, 5.41) is 12.1. The molecular formula is C16H17Cl2N3O2S. The van der Waals surface area contributed by atoms with Crippen molar-refractivity contribution < 1.29 is 9.21 Å². The van der Waals surface area contributed by atoms with Crippen LogP contribution in [0.3, 0.4) is 0 Å². The maximum atomic E-state index is 12.4. The first-order valence-corrected chi connectivity index (χ1v) is 9.33. The molecule has 3 rings (SSSR count). The molecule has 1 N–H and O–H groups in total. The molecule has 0 bridgehead atoms. The third-order valence-corrected chi connectivity index (χ3v) is 5.28. The highest BCUT2D eigenvalue weighted by atomic mass is 35.5. The molecule has 1 aromatic carbocycles. The van der Waals surface area contributed by atoms with Gasteiger partial charge in [-0.2, -0.15) is 0 Å². The number of nitrogens with one attached hydrogen (secondary N) is 1. The average Bonchev–Trinajstić information content (AvgIpc) is 3.27. The zero-order valence-corrected chi connectivity index (χ0v) is 15.6. The Bertz CT molecular complexity index is 749. The van der Waals surface area contributed by atoms with Crippen molar-refractivity contribution in [3.63, 3.8) is 0 Å². The fourth-order valence-electron chi connectivity index (χ4n) is 2.23. The van der Waals surface area contributed by atoms with Gasteiger partial charge in [0.1, 0.15) is 0 Å². The Balaban J connectivity index is 1.58. The van der Waals surface area contributed by atoms with Crippen LogP contribution in [-0.4, -0.2) is 21.4 Å². The minimum atomic E-state index is -0.356. The largest absolute Gasteiger partial charge is 0.416 e. The van der Waals surface area contributed by atoms with Crippen LogP contribution in [0.25, 0.3) is 0 Å². The van der Waals surface area contributed by atoms with Crippen molar-refractivity contribution in [2.75, 3.05) is 0 Å². The predicted molar refractivity (Wildman–Crippen MR) is 94.6 cm³/mol. The lowest BCUT2D eigenvalue weighted by Gasteiger charge is -2.18. The van der Waals surface area contributed by atoms with Gasteiger partial charge >= 0.3 is 0 Å². The quantitative estimate of drug-likeness (QED) is 0.735. The molecule has 1 aromatic heterocycles. The van der Waals surface area contributed by atoms with Gasteiger partial charge in [0.15, 0.2) is 0 Å². The molecule has 0 radical (unpaired) electrons. The van der Waals surface area contributed by atoms with Crippen LogP contribution in [0.5, 0.6) is 0 Å². The van der Waals surface area contributed by atoms with E-state index in [1.165, 1.54) is 11.8 Å². The highest BCUT2D eigenvalue weighted by Crippen LogP contribution is 2.40. The smallest absolute Gasteiger partial charge is 0.277 e. The van der Waals surface area contributed by atoms with E-state index in [1.54, 1.807) is 19.1 Å². The van der Waals surface area contributed by atoms with Crippen LogP contribution in [0, 0.1) is 0 Å². The number of halogens is 2. The van der Waals surface area contributed by atoms with Gasteiger partial charge in [0.25, 0.3) is 5.22 Å². The van der Waals surface area contributed by atoms with E-state index in [0.717, 1.165) is 18.4 Å². The number of benzene rings is 1. The van der Waals surface area contributed by atoms with Crippen molar-refractivity contribution in [2.45, 2.75) is 49.1 Å². The van der Waals surface area contributed by atoms with Crippen molar-refractivity contribution in [1.29, 1.82) is 0 Å². The first-order chi connectivity index (χ1) is 11.4. The molecule has 0 aliphatic heterocycles. The number of rotatable bonds is 6. The molecule has 2 aromatic rings. The number of carbonyl (C=O) groups excluding carboxylic acids is 1. The highest BCUT2D eigenvalue weighted by Gasteiger charge is 2.30. The van der Waals surface area contributed by atoms with Crippen LogP contribution in [-0.2, 0) is 4.79 Å². The second-order valence-electron chi connectivity index (χ2n) is 5.84. The van der Waals surface area contributed by atoms with Gasteiger partial charge in [-0.05, 0) is 44.4 Å². The summed E-state index contributed by atoms with van der Waals surface area (Å²) in [7, 11) is 0. The van der Waals surface area contributed by atoms with Crippen LogP contribution < -0.4 is 5.32 Å². The van der Waals surface area contributed by atoms with E-state index in [2.05, 4.69) is 15.5 Å². The number of hydrogen-bond acceptors (Lipinski definition) is 5. The van der Waals surface area contributed by atoms with Crippen LogP contribution in [0.2, 0.25) is 10.0 Å². The monoisotopic (exact) mass is 385 g/mol. The molecule has 24 heavy (non-hydrogen) atoms. The van der Waals surface area contributed by atoms with E-state index < -0.39 is 0 Å². The zero-order valence-electron chi connectivity index (χ0n) is 13.3. The summed E-state index contributed by atoms with van der Waals surface area (Å²) in [6.07, 6.45) is 2.20. The van der Waals surface area contributed by atoms with Gasteiger partial charge in [0.2, 0.25) is 11.8 Å². The van der Waals surface area contributed by atoms with E-state index in [0.29, 0.717) is 27.1 Å². The lowest BCUT2D eigenvalue weighted by atomic mass is 10.1. The molecular weight excluding hydrogens is 369 g/mol. The van der Waals surface area contributed by atoms with Crippen LogP contribution in [0.15, 0.2) is 27.8 Å². The van der Waals surface area contributed by atoms with E-state index in [1.807, 2.05) is 13.0 Å². The number of hydrogen-bond donors (Lipinski definition) is 1. The second-order valence-corrected chi connectivity index (χ2v) is 7.97. The molecule has 0 unspecified atom stereocenters. The normalized spacial score (nSPS) is 16.7. The Morgan fingerprint density at radius 3 is 2.75 bits per heavy atom. The fraction of sp³-hybridized carbons (Fsp3) is 0.438. The molecule has 1 aliphatic carbocycles. The Labute approximate surface area is 154 Å². The fourth-order valence-corrected chi connectivity index (χ4v) is 3.50. The third-order valence-electron chi connectivity index (χ3n) is 3.78. The van der Waals surface area contributed by atoms with E-state index in [-0.39, 0.29) is 17.2 Å². The number of aromatic nitrogens is 2. The van der Waals surface area contributed by atoms with Gasteiger partial charge < -0.3 is 9.73 Å². The molecule has 8 heteroatoms. The summed E-state index contributed by atoms with van der Waals surface area (Å²) < 4.78 is 5.58. The van der Waals surface area contributed by atoms with Gasteiger partial charge in [0, 0.05) is 16.0 Å². The van der Waals surface area contributed by atoms with Gasteiger partial charge in [0.05, 0.1) is 11.3 Å². The second kappa shape index (κ2) is 7.33. The molecule has 1 amide bonds. The summed E-state index contributed by atoms with van der Waals surface area (Å²) in [5.74, 6) is 0.958. The van der Waals surface area contributed by atoms with Crippen molar-refractivity contribution in [3.05, 3.63) is 39.7 Å². The van der Waals surface area contributed by atoms with Crippen molar-refractivity contribution in [3.8, 4) is 0 Å². The summed E-state index contributed by atoms with van der Waals surface area (Å²) >= 11 is 13.3. The average molecular weight is 386 g/mol. The van der Waals surface area contributed by atoms with Crippen molar-refractivity contribution in [2.24, 2.45) is 0 Å². The number of carbonyl (C=O) groups is 1. The minimum absolute atomic E-state index is 0.121. The van der Waals surface area contributed by atoms with Crippen LogP contribution in [0.1, 0.15) is 50.1 Å². The topological polar surface area (TPSA) is 68.0 Å². The first-order valence-electron chi connectivity index (χ1n) is 7.69. The summed E-state index contributed by atoms with van der Waals surface area (Å²) in [6.45, 7) is 3.68. The SMILES string of the molecule is C[C@@H](Sc1nnc(C2CC2)o1)C(=O)N[C@H](C)c1ccc(Cl)cc1Cl. The van der Waals surface area contributed by atoms with E-state index >= 15 is 0 Å². The third kappa shape index (κ3) is 4.23. The molecule has 1 saturated carbocycles. The maximum absolute atomic E-state index is 12.4. The number of nitrogens with zero attached hydrogens (tertiary/aromatic N) is 2. The molecule has 0 spiro atoms. The molecule has 1 heterocycles. The van der Waals surface area contributed by atoms with Gasteiger partial charge in [-0.1, -0.05) is 41.0 Å². The van der Waals surface area contributed by atoms with Crippen molar-refractivity contribution >= 4 is 40.9 Å². The van der Waals surface area contributed by atoms with Gasteiger partial charge in [-0.25, -0.2) is 0 Å². The van der Waals surface area contributed by atoms with E-state index in [4.69, 9.17) is 27.6 Å². The Morgan fingerprint density at radius 2 is 2.08 bits per heavy atom. The first kappa shape index (κ1) is 17.6. The van der Waals surface area contributed by atoms with Gasteiger partial charge in [-0.15, -0.1) is 10.2 Å². The lowest BCUT2D eigenvalue weighted by molar-refractivity contribution is -0.120. The highest BCUT2D eigenvalue weighted by molar-refractivity contribution is 8.00. The molecule has 128 valence electrons. The molecule has 5 nitrogen and oxygen atoms in total. The van der Waals surface area contributed by atoms with Crippen LogP contribution in [0.4, 0.5) is 0 Å². The Kier molecular flexibility index (Phi) is 5.37. The molecule has 2 atom stereocenters. The predicted octanol–water partition coefficient (Wildman–Crippen LogP) is 4.61. The number of thioether (sulfide) groups is 1. The zero-order chi connectivity index (χ0) is 17.3. The standard InChI is InChI=1S/C16H17Cl2N3O2S/c1-8(12-6-5-11(17)7-13(12)18)19-14(22)9(2)24-16-21-20-15(23-16)10-3-4-10/h5-10H,3-4H2,1-2H3,(H,19,22)/t8-,9-/m1/s1. The van der Waals surface area contributed by atoms with Gasteiger partial charge in [-0.3, -0.25) is 4.79 Å². The maximum Gasteiger partial charge on any atom is 0.277 e. The molecule has 1 aliphatic rings. The van der Waals surface area contributed by atoms with Crippen molar-refractivity contribution in [1.82, 2.24) is 15.5 Å². The summed E-state index contributed by atoms with van der Waals surface area (Å²) in [5.41, 5.74) is 0.820. The lowest BCUT2D eigenvalue weighted by Crippen LogP contribution is -2.33. The molecule has 0 saturated heterocycles. The Morgan fingerprint density at radius 1 is 1.33 bits per heavy atom. The minimum Gasteiger partial charge on any atom is -0.416 e. The summed E-state index contributed by atoms with van der Waals surface area (Å²) in [4.78, 5) is 12.4. The molecule has 1 fully saturated rings. The summed E-state index contributed by atoms with van der Waals surface area (Å²) in [6, 6.07) is 5.00. The Hall–Kier alpha value is -1.24. The van der Waals surface area contributed by atoms with E-state index in [9.17, 15) is 4.79 Å². The van der Waals surface area contributed by atoms with Crippen LogP contribution >= 0.6 is 35.0 Å². The number of amides is 1.